The van der Waals surface area contributed by atoms with Crippen LogP contribution in [0.5, 0.6) is 0 Å². The lowest BCUT2D eigenvalue weighted by atomic mass is 9.22. The predicted molar refractivity (Wildman–Crippen MR) is 220 cm³/mol. The summed E-state index contributed by atoms with van der Waals surface area (Å²) in [5.74, 6) is -3.12. The normalized spacial score (nSPS) is 55.1. The Morgan fingerprint density at radius 2 is 1.41 bits per heavy atom. The SMILES string of the molecule is CC1(C)CCC2(C(=O)O)C(C1)C1=C3CC4C5(C)CCC(OC6OC(C(=O)O)C(O)C(OC7OCC(O)C(O)C7O)C6OC6OC(CO)C(O)C(O)C6O)C(C)(C=O)[C@@H]5CC[C@@]34[C@]1(C)C[C@H]2O. The van der Waals surface area contributed by atoms with Crippen LogP contribution in [-0.4, -0.2) is 186 Å². The van der Waals surface area contributed by atoms with E-state index in [1.807, 2.05) is 0 Å². The van der Waals surface area contributed by atoms with Crippen LogP contribution in [0.15, 0.2) is 11.1 Å². The number of fused-ring (bicyclic) bond motifs is 5. The Hall–Kier alpha value is -2.25. The van der Waals surface area contributed by atoms with Gasteiger partial charge in [0.2, 0.25) is 0 Å². The summed E-state index contributed by atoms with van der Waals surface area (Å²) in [6.07, 6.45) is -22.2. The number of aliphatic hydroxyl groups excluding tert-OH is 9. The van der Waals surface area contributed by atoms with E-state index in [0.29, 0.717) is 44.9 Å². The molecule has 0 aromatic rings. The van der Waals surface area contributed by atoms with Gasteiger partial charge in [-0.25, -0.2) is 4.79 Å². The van der Waals surface area contributed by atoms with Crippen LogP contribution < -0.4 is 0 Å². The van der Waals surface area contributed by atoms with E-state index in [2.05, 4.69) is 27.7 Å². The molecule has 3 saturated heterocycles. The van der Waals surface area contributed by atoms with Crippen molar-refractivity contribution in [3.63, 3.8) is 0 Å². The quantitative estimate of drug-likeness (QED) is 0.0707. The van der Waals surface area contributed by atoms with Crippen LogP contribution in [0, 0.1) is 50.2 Å². The molecule has 3 heterocycles. The highest BCUT2D eigenvalue weighted by Crippen LogP contribution is 2.87. The molecule has 372 valence electrons. The average molecular weight is 941 g/mol. The first-order valence-electron chi connectivity index (χ1n) is 23.5. The van der Waals surface area contributed by atoms with Crippen LogP contribution in [0.25, 0.3) is 0 Å². The smallest absolute Gasteiger partial charge is 0.335 e. The van der Waals surface area contributed by atoms with Crippen molar-refractivity contribution in [2.45, 2.75) is 191 Å². The summed E-state index contributed by atoms with van der Waals surface area (Å²) in [4.78, 5) is 39.6. The van der Waals surface area contributed by atoms with E-state index in [4.69, 9.17) is 28.4 Å². The molecule has 8 fully saturated rings. The van der Waals surface area contributed by atoms with Crippen molar-refractivity contribution in [2.75, 3.05) is 13.2 Å². The maximum atomic E-state index is 13.7. The van der Waals surface area contributed by atoms with Gasteiger partial charge < -0.3 is 89.4 Å². The zero-order valence-electron chi connectivity index (χ0n) is 37.9. The summed E-state index contributed by atoms with van der Waals surface area (Å²) in [7, 11) is 0. The lowest BCUT2D eigenvalue weighted by Crippen LogP contribution is -2.76. The summed E-state index contributed by atoms with van der Waals surface area (Å²) in [5.41, 5.74) is -1.27. The molecular formula is C46H68O20. The highest BCUT2D eigenvalue weighted by molar-refractivity contribution is 5.79. The number of allylic oxidation sites excluding steroid dienone is 2. The van der Waals surface area contributed by atoms with Crippen molar-refractivity contribution < 1.29 is 99.0 Å². The summed E-state index contributed by atoms with van der Waals surface area (Å²) < 4.78 is 35.8. The molecule has 20 heteroatoms. The molecule has 11 N–H and O–H groups in total. The summed E-state index contributed by atoms with van der Waals surface area (Å²) >= 11 is 0. The second-order valence-electron chi connectivity index (χ2n) is 22.6. The van der Waals surface area contributed by atoms with Crippen LogP contribution >= 0.6 is 0 Å². The largest absolute Gasteiger partial charge is 0.481 e. The molecule has 20 unspecified atom stereocenters. The highest BCUT2D eigenvalue weighted by Gasteiger charge is 2.81. The first kappa shape index (κ1) is 48.8. The Bertz CT molecular complexity index is 1960. The zero-order valence-corrected chi connectivity index (χ0v) is 37.9. The first-order chi connectivity index (χ1) is 30.9. The number of aliphatic hydroxyl groups is 9. The Morgan fingerprint density at radius 3 is 2.06 bits per heavy atom. The molecule has 0 aromatic carbocycles. The number of hydrogen-bond acceptors (Lipinski definition) is 18. The molecule has 0 bridgehead atoms. The molecule has 0 aromatic heterocycles. The van der Waals surface area contributed by atoms with Gasteiger partial charge in [0.05, 0.1) is 30.8 Å². The molecule has 9 rings (SSSR count). The summed E-state index contributed by atoms with van der Waals surface area (Å²) in [5, 5.41) is 118. The van der Waals surface area contributed by atoms with Gasteiger partial charge in [-0.3, -0.25) is 4.79 Å². The molecule has 20 nitrogen and oxygen atoms in total. The molecule has 24 atom stereocenters. The Kier molecular flexibility index (Phi) is 12.1. The molecule has 3 aliphatic heterocycles. The van der Waals surface area contributed by atoms with E-state index in [-0.39, 0.29) is 35.0 Å². The maximum Gasteiger partial charge on any atom is 0.335 e. The highest BCUT2D eigenvalue weighted by atomic mass is 16.8. The number of carbonyl (C=O) groups excluding carboxylic acids is 1. The van der Waals surface area contributed by atoms with Crippen LogP contribution in [0.4, 0.5) is 0 Å². The van der Waals surface area contributed by atoms with Crippen molar-refractivity contribution in [1.29, 1.82) is 0 Å². The van der Waals surface area contributed by atoms with Crippen LogP contribution in [0.1, 0.15) is 92.4 Å². The van der Waals surface area contributed by atoms with E-state index in [0.717, 1.165) is 12.7 Å². The van der Waals surface area contributed by atoms with Gasteiger partial charge in [-0.1, -0.05) is 45.8 Å². The third-order valence-electron chi connectivity index (χ3n) is 19.0. The van der Waals surface area contributed by atoms with Crippen molar-refractivity contribution >= 4 is 18.2 Å². The lowest BCUT2D eigenvalue weighted by Gasteiger charge is -2.81. The molecule has 66 heavy (non-hydrogen) atoms. The minimum absolute atomic E-state index is 0.0853. The Morgan fingerprint density at radius 1 is 0.727 bits per heavy atom. The minimum atomic E-state index is -2.13. The van der Waals surface area contributed by atoms with Crippen LogP contribution in [0.2, 0.25) is 0 Å². The number of aliphatic carboxylic acids is 2. The van der Waals surface area contributed by atoms with E-state index >= 15 is 0 Å². The van der Waals surface area contributed by atoms with Gasteiger partial charge in [-0.2, -0.15) is 0 Å². The molecule has 5 saturated carbocycles. The summed E-state index contributed by atoms with van der Waals surface area (Å²) in [6.45, 7) is 9.13. The van der Waals surface area contributed by atoms with Gasteiger partial charge in [-0.05, 0) is 86.4 Å². The van der Waals surface area contributed by atoms with Gasteiger partial charge in [0, 0.05) is 10.8 Å². The standard InChI is InChI=1S/C46H68O20/c1-41(2)10-11-45(40(59)60)19(13-41)26-18-12-23-42(3)8-7-25(43(4,17-48)22(42)6-9-46(18,23)44(26,5)14-24(45)50)63-39-35(66-38-31(55)29(53)28(52)21(15-47)62-38)33(32(56)34(65-39)36(57)58)64-37-30(54)27(51)20(49)16-61-37/h17,19-25,27-35,37-39,47,49-56H,6-16H2,1-5H3,(H,57,58)(H,59,60)/t19?,20?,21?,22-,23?,24-,25?,27?,28?,29?,30?,31?,32?,33?,34?,35?,37?,38?,39?,42?,43?,44-,45?,46-/m1/s1. The summed E-state index contributed by atoms with van der Waals surface area (Å²) in [6, 6.07) is 0. The van der Waals surface area contributed by atoms with Crippen LogP contribution in [-0.2, 0) is 42.8 Å². The number of carboxylic acid groups (broad SMARTS) is 2. The molecule has 1 spiro atoms. The number of hydrogen-bond donors (Lipinski definition) is 11. The second-order valence-corrected chi connectivity index (χ2v) is 22.6. The second kappa shape index (κ2) is 16.4. The lowest BCUT2D eigenvalue weighted by molar-refractivity contribution is -0.392. The number of rotatable bonds is 10. The average Bonchev–Trinajstić information content (AvgIpc) is 3.25. The van der Waals surface area contributed by atoms with Crippen molar-refractivity contribution in [3.8, 4) is 0 Å². The van der Waals surface area contributed by atoms with E-state index in [9.17, 15) is 70.6 Å². The van der Waals surface area contributed by atoms with Gasteiger partial charge >= 0.3 is 11.9 Å². The minimum Gasteiger partial charge on any atom is -0.481 e. The monoisotopic (exact) mass is 940 g/mol. The third kappa shape index (κ3) is 6.60. The first-order valence-corrected chi connectivity index (χ1v) is 23.5. The number of carboxylic acids is 2. The Labute approximate surface area is 381 Å². The maximum absolute atomic E-state index is 13.7. The van der Waals surface area contributed by atoms with Gasteiger partial charge in [0.1, 0.15) is 72.7 Å². The van der Waals surface area contributed by atoms with Gasteiger partial charge in [0.15, 0.2) is 25.0 Å². The van der Waals surface area contributed by atoms with Crippen molar-refractivity contribution in [3.05, 3.63) is 11.1 Å². The van der Waals surface area contributed by atoms with Crippen molar-refractivity contribution in [1.82, 2.24) is 0 Å². The molecular weight excluding hydrogens is 872 g/mol. The number of carbonyl (C=O) groups is 3. The third-order valence-corrected chi connectivity index (χ3v) is 19.0. The Balaban J connectivity index is 1.03. The molecule has 9 aliphatic rings. The fraction of sp³-hybridized carbons (Fsp3) is 0.891. The fourth-order valence-corrected chi connectivity index (χ4v) is 15.4. The topological polar surface area (TPSA) is 329 Å². The van der Waals surface area contributed by atoms with E-state index in [1.165, 1.54) is 11.1 Å². The molecule has 0 radical (unpaired) electrons. The van der Waals surface area contributed by atoms with E-state index in [1.54, 1.807) is 6.92 Å². The molecule has 6 aliphatic carbocycles. The van der Waals surface area contributed by atoms with Crippen molar-refractivity contribution in [2.24, 2.45) is 50.2 Å². The van der Waals surface area contributed by atoms with Gasteiger partial charge in [0.25, 0.3) is 0 Å². The molecule has 0 amide bonds. The van der Waals surface area contributed by atoms with Gasteiger partial charge in [-0.15, -0.1) is 0 Å². The predicted octanol–water partition coefficient (Wildman–Crippen LogP) is -1.05. The van der Waals surface area contributed by atoms with Crippen LogP contribution in [0.3, 0.4) is 0 Å². The van der Waals surface area contributed by atoms with E-state index < -0.39 is 145 Å². The number of ether oxygens (including phenoxy) is 6. The number of aldehydes is 1. The zero-order chi connectivity index (χ0) is 48.0. The fourth-order valence-electron chi connectivity index (χ4n) is 15.4.